The number of carbonyl (C=O) groups excluding carboxylic acids is 3. The predicted molar refractivity (Wildman–Crippen MR) is 158 cm³/mol. The third-order valence-corrected chi connectivity index (χ3v) is 8.14. The van der Waals surface area contributed by atoms with Crippen LogP contribution < -0.4 is 11.0 Å². The van der Waals surface area contributed by atoms with Crippen molar-refractivity contribution < 1.29 is 23.9 Å². The molecule has 5 rings (SSSR count). The minimum Gasteiger partial charge on any atom is -0.459 e. The third-order valence-electron chi connectivity index (χ3n) is 8.14. The van der Waals surface area contributed by atoms with E-state index in [1.165, 1.54) is 4.57 Å². The van der Waals surface area contributed by atoms with E-state index in [-0.39, 0.29) is 36.5 Å². The van der Waals surface area contributed by atoms with Crippen molar-refractivity contribution in [2.24, 2.45) is 7.05 Å². The number of likely N-dealkylation sites (tertiary alicyclic amines) is 1. The number of imide groups is 1. The lowest BCUT2D eigenvalue weighted by atomic mass is 9.88. The van der Waals surface area contributed by atoms with Gasteiger partial charge in [0.15, 0.2) is 0 Å². The average Bonchev–Trinajstić information content (AvgIpc) is 3.20. The number of hydrogen-bond donors (Lipinski definition) is 1. The molecule has 1 N–H and O–H groups in total. The Hall–Kier alpha value is -3.76. The quantitative estimate of drug-likeness (QED) is 0.323. The van der Waals surface area contributed by atoms with E-state index in [0.717, 1.165) is 29.5 Å². The Bertz CT molecular complexity index is 1510. The summed E-state index contributed by atoms with van der Waals surface area (Å²) in [5.41, 5.74) is 2.73. The van der Waals surface area contributed by atoms with Crippen molar-refractivity contribution in [3.8, 4) is 0 Å². The first-order chi connectivity index (χ1) is 20.0. The molecule has 42 heavy (non-hydrogen) atoms. The molecule has 0 saturated carbocycles. The fourth-order valence-electron chi connectivity index (χ4n) is 5.96. The molecule has 10 heteroatoms. The van der Waals surface area contributed by atoms with Gasteiger partial charge >= 0.3 is 11.7 Å². The third kappa shape index (κ3) is 6.50. The van der Waals surface area contributed by atoms with Crippen LogP contribution in [0, 0.1) is 0 Å². The number of amides is 2. The van der Waals surface area contributed by atoms with Crippen LogP contribution in [-0.4, -0.2) is 63.2 Å². The van der Waals surface area contributed by atoms with Gasteiger partial charge in [-0.15, -0.1) is 0 Å². The minimum atomic E-state index is -0.707. The topological polar surface area (TPSA) is 112 Å². The van der Waals surface area contributed by atoms with Crippen LogP contribution in [0.5, 0.6) is 0 Å². The van der Waals surface area contributed by atoms with Crippen molar-refractivity contribution >= 4 is 28.8 Å². The number of rotatable bonds is 8. The zero-order chi connectivity index (χ0) is 30.0. The fraction of sp³-hybridized carbons (Fsp3) is 0.500. The van der Waals surface area contributed by atoms with Crippen LogP contribution in [0.4, 0.5) is 0 Å². The van der Waals surface area contributed by atoms with E-state index in [1.807, 2.05) is 69.3 Å². The highest BCUT2D eigenvalue weighted by molar-refractivity contribution is 6.00. The van der Waals surface area contributed by atoms with E-state index in [4.69, 9.17) is 9.47 Å². The van der Waals surface area contributed by atoms with Gasteiger partial charge < -0.3 is 9.47 Å². The molecule has 0 spiro atoms. The van der Waals surface area contributed by atoms with Gasteiger partial charge in [-0.2, -0.15) is 0 Å². The standard InChI is InChI=1S/C32H40N4O6/c1-32(2,3)42-30(39)27(20-41-19-21-8-6-5-7-9-21)35-16-14-22(15-17-35)23-10-11-24-26(18-23)34(4)31(40)36(24)25-12-13-28(37)33-29(25)38/h5-11,18,22,25,27H,12-17,19-20H2,1-4H3,(H,33,37,38)/t25?,27-/m1/s1. The van der Waals surface area contributed by atoms with E-state index in [9.17, 15) is 19.2 Å². The number of aryl methyl sites for hydroxylation is 1. The van der Waals surface area contributed by atoms with Crippen LogP contribution in [0.3, 0.4) is 0 Å². The fourth-order valence-corrected chi connectivity index (χ4v) is 5.96. The Balaban J connectivity index is 1.29. The highest BCUT2D eigenvalue weighted by Crippen LogP contribution is 2.32. The maximum atomic E-state index is 13.2. The first kappa shape index (κ1) is 29.7. The summed E-state index contributed by atoms with van der Waals surface area (Å²) in [6.45, 7) is 7.70. The Morgan fingerprint density at radius 1 is 1.00 bits per heavy atom. The maximum absolute atomic E-state index is 13.2. The SMILES string of the molecule is Cn1c(=O)n(C2CCC(=O)NC2=O)c2ccc(C3CCN([C@H](COCc4ccccc4)C(=O)OC(C)(C)C)CC3)cc21. The molecule has 2 aliphatic heterocycles. The van der Waals surface area contributed by atoms with Gasteiger partial charge in [0.25, 0.3) is 0 Å². The summed E-state index contributed by atoms with van der Waals surface area (Å²) in [7, 11) is 1.71. The van der Waals surface area contributed by atoms with Gasteiger partial charge in [0.05, 0.1) is 24.2 Å². The molecule has 0 bridgehead atoms. The monoisotopic (exact) mass is 576 g/mol. The van der Waals surface area contributed by atoms with Crippen LogP contribution in [0.15, 0.2) is 53.3 Å². The van der Waals surface area contributed by atoms with Crippen molar-refractivity contribution in [2.45, 2.75) is 76.7 Å². The van der Waals surface area contributed by atoms with Crippen LogP contribution in [0.25, 0.3) is 11.0 Å². The zero-order valence-corrected chi connectivity index (χ0v) is 24.8. The highest BCUT2D eigenvalue weighted by Gasteiger charge is 2.35. The molecule has 1 unspecified atom stereocenters. The molecule has 2 aliphatic rings. The van der Waals surface area contributed by atoms with Gasteiger partial charge in [-0.1, -0.05) is 36.4 Å². The summed E-state index contributed by atoms with van der Waals surface area (Å²) in [6.07, 6.45) is 2.19. The minimum absolute atomic E-state index is 0.206. The lowest BCUT2D eigenvalue weighted by molar-refractivity contribution is -0.164. The number of benzene rings is 2. The summed E-state index contributed by atoms with van der Waals surface area (Å²) in [6, 6.07) is 14.7. The first-order valence-electron chi connectivity index (χ1n) is 14.6. The maximum Gasteiger partial charge on any atom is 0.329 e. The number of carbonyl (C=O) groups is 3. The number of fused-ring (bicyclic) bond motifs is 1. The summed E-state index contributed by atoms with van der Waals surface area (Å²) in [4.78, 5) is 52.7. The van der Waals surface area contributed by atoms with Gasteiger partial charge in [0.2, 0.25) is 11.8 Å². The van der Waals surface area contributed by atoms with Gasteiger partial charge in [0.1, 0.15) is 17.7 Å². The van der Waals surface area contributed by atoms with E-state index in [0.29, 0.717) is 31.6 Å². The van der Waals surface area contributed by atoms with E-state index < -0.39 is 23.6 Å². The molecular formula is C32H40N4O6. The van der Waals surface area contributed by atoms with E-state index in [1.54, 1.807) is 11.6 Å². The summed E-state index contributed by atoms with van der Waals surface area (Å²) >= 11 is 0. The summed E-state index contributed by atoms with van der Waals surface area (Å²) in [5.74, 6) is -0.774. The zero-order valence-electron chi connectivity index (χ0n) is 24.8. The van der Waals surface area contributed by atoms with Gasteiger partial charge in [-0.05, 0) is 82.3 Å². The molecule has 0 radical (unpaired) electrons. The molecule has 0 aliphatic carbocycles. The molecule has 3 aromatic rings. The molecule has 2 fully saturated rings. The van der Waals surface area contributed by atoms with E-state index >= 15 is 0 Å². The number of imidazole rings is 1. The number of esters is 1. The Morgan fingerprint density at radius 3 is 2.38 bits per heavy atom. The van der Waals surface area contributed by atoms with Crippen molar-refractivity contribution in [1.82, 2.24) is 19.4 Å². The van der Waals surface area contributed by atoms with Gasteiger partial charge in [-0.25, -0.2) is 4.79 Å². The number of hydrogen-bond acceptors (Lipinski definition) is 7. The second-order valence-electron chi connectivity index (χ2n) is 12.3. The number of ether oxygens (including phenoxy) is 2. The molecule has 1 aromatic heterocycles. The smallest absolute Gasteiger partial charge is 0.329 e. The lowest BCUT2D eigenvalue weighted by Gasteiger charge is -2.37. The largest absolute Gasteiger partial charge is 0.459 e. The van der Waals surface area contributed by atoms with Crippen LogP contribution in [0.2, 0.25) is 0 Å². The normalized spacial score (nSPS) is 19.6. The van der Waals surface area contributed by atoms with Crippen molar-refractivity contribution in [3.05, 3.63) is 70.1 Å². The molecule has 10 nitrogen and oxygen atoms in total. The molecule has 2 atom stereocenters. The Kier molecular flexibility index (Phi) is 8.65. The highest BCUT2D eigenvalue weighted by atomic mass is 16.6. The van der Waals surface area contributed by atoms with Gasteiger partial charge in [-0.3, -0.25) is 33.7 Å². The molecule has 2 saturated heterocycles. The Morgan fingerprint density at radius 2 is 1.71 bits per heavy atom. The molecule has 2 aromatic carbocycles. The van der Waals surface area contributed by atoms with Crippen molar-refractivity contribution in [3.63, 3.8) is 0 Å². The summed E-state index contributed by atoms with van der Waals surface area (Å²) < 4.78 is 14.8. The molecular weight excluding hydrogens is 536 g/mol. The lowest BCUT2D eigenvalue weighted by Crippen LogP contribution is -2.50. The van der Waals surface area contributed by atoms with Crippen molar-refractivity contribution in [1.29, 1.82) is 0 Å². The molecule has 224 valence electrons. The van der Waals surface area contributed by atoms with E-state index in [2.05, 4.69) is 10.2 Å². The van der Waals surface area contributed by atoms with Crippen LogP contribution in [0.1, 0.15) is 69.5 Å². The number of nitrogens with one attached hydrogen (secondary N) is 1. The number of aromatic nitrogens is 2. The Labute approximate surface area is 245 Å². The second kappa shape index (κ2) is 12.2. The van der Waals surface area contributed by atoms with Crippen LogP contribution >= 0.6 is 0 Å². The average molecular weight is 577 g/mol. The van der Waals surface area contributed by atoms with Crippen molar-refractivity contribution in [2.75, 3.05) is 19.7 Å². The first-order valence-corrected chi connectivity index (χ1v) is 14.6. The summed E-state index contributed by atoms with van der Waals surface area (Å²) in [5, 5.41) is 2.35. The van der Waals surface area contributed by atoms with Crippen LogP contribution in [-0.2, 0) is 37.5 Å². The number of nitrogens with zero attached hydrogens (tertiary/aromatic N) is 3. The predicted octanol–water partition coefficient (Wildman–Crippen LogP) is 3.42. The molecule has 3 heterocycles. The van der Waals surface area contributed by atoms with Gasteiger partial charge in [0, 0.05) is 13.5 Å². The number of piperidine rings is 2. The molecule has 2 amide bonds. The second-order valence-corrected chi connectivity index (χ2v) is 12.3.